The highest BCUT2D eigenvalue weighted by Crippen LogP contribution is 2.18. The van der Waals surface area contributed by atoms with E-state index in [0.717, 1.165) is 63.5 Å². The quantitative estimate of drug-likeness (QED) is 0.790. The largest absolute Gasteiger partial charge is 0.379 e. The summed E-state index contributed by atoms with van der Waals surface area (Å²) in [5.74, 6) is 0.257. The molecule has 0 saturated carbocycles. The number of nitrogens with zero attached hydrogens (tertiary/aromatic N) is 3. The highest BCUT2D eigenvalue weighted by atomic mass is 79.9. The van der Waals surface area contributed by atoms with Gasteiger partial charge in [-0.2, -0.15) is 0 Å². The molecule has 1 aromatic rings. The minimum Gasteiger partial charge on any atom is -0.379 e. The summed E-state index contributed by atoms with van der Waals surface area (Å²) < 4.78 is 6.49. The zero-order valence-corrected chi connectivity index (χ0v) is 15.0. The summed E-state index contributed by atoms with van der Waals surface area (Å²) >= 11 is 3.61. The Labute approximate surface area is 146 Å². The van der Waals surface area contributed by atoms with Crippen LogP contribution in [0.4, 0.5) is 0 Å². The molecule has 0 aromatic heterocycles. The first-order valence-corrected chi connectivity index (χ1v) is 9.05. The van der Waals surface area contributed by atoms with Gasteiger partial charge < -0.3 is 9.64 Å². The minimum atomic E-state index is 0.257. The van der Waals surface area contributed by atoms with Gasteiger partial charge in [0.05, 0.1) is 19.8 Å². The van der Waals surface area contributed by atoms with E-state index in [4.69, 9.17) is 4.74 Å². The van der Waals surface area contributed by atoms with E-state index in [2.05, 4.69) is 43.9 Å². The Bertz CT molecular complexity index is 526. The van der Waals surface area contributed by atoms with Gasteiger partial charge in [0, 0.05) is 50.3 Å². The molecule has 126 valence electrons. The molecule has 2 heterocycles. The third-order valence-corrected chi connectivity index (χ3v) is 5.31. The molecule has 0 bridgehead atoms. The van der Waals surface area contributed by atoms with Crippen LogP contribution in [0.25, 0.3) is 0 Å². The molecule has 2 saturated heterocycles. The summed E-state index contributed by atoms with van der Waals surface area (Å²) in [6.07, 6.45) is 0. The summed E-state index contributed by atoms with van der Waals surface area (Å²) in [5, 5.41) is 0. The third-order valence-electron chi connectivity index (χ3n) is 4.54. The van der Waals surface area contributed by atoms with Crippen LogP contribution in [0.5, 0.6) is 0 Å². The average molecular weight is 382 g/mol. The maximum Gasteiger partial charge on any atom is 0.236 e. The number of amides is 1. The van der Waals surface area contributed by atoms with E-state index in [0.29, 0.717) is 6.54 Å². The highest BCUT2D eigenvalue weighted by Gasteiger charge is 2.23. The molecule has 6 heteroatoms. The molecule has 0 radical (unpaired) electrons. The lowest BCUT2D eigenvalue weighted by atomic mass is 10.2. The van der Waals surface area contributed by atoms with Crippen molar-refractivity contribution in [2.45, 2.75) is 6.54 Å². The number of carbonyl (C=O) groups is 1. The first-order valence-electron chi connectivity index (χ1n) is 8.26. The van der Waals surface area contributed by atoms with Crippen molar-refractivity contribution >= 4 is 21.8 Å². The van der Waals surface area contributed by atoms with Gasteiger partial charge >= 0.3 is 0 Å². The lowest BCUT2D eigenvalue weighted by Crippen LogP contribution is -2.52. The number of ether oxygens (including phenoxy) is 1. The smallest absolute Gasteiger partial charge is 0.236 e. The number of benzene rings is 1. The lowest BCUT2D eigenvalue weighted by molar-refractivity contribution is -0.135. The second-order valence-electron chi connectivity index (χ2n) is 6.14. The highest BCUT2D eigenvalue weighted by molar-refractivity contribution is 9.10. The second-order valence-corrected chi connectivity index (χ2v) is 6.99. The van der Waals surface area contributed by atoms with Crippen molar-refractivity contribution < 1.29 is 9.53 Å². The fraction of sp³-hybridized carbons (Fsp3) is 0.588. The van der Waals surface area contributed by atoms with Gasteiger partial charge in [-0.05, 0) is 11.6 Å². The molecular formula is C17H24BrN3O2. The zero-order chi connectivity index (χ0) is 16.1. The van der Waals surface area contributed by atoms with Gasteiger partial charge in [-0.3, -0.25) is 14.6 Å². The molecule has 1 amide bonds. The normalized spacial score (nSPS) is 20.7. The molecule has 2 aliphatic rings. The second kappa shape index (κ2) is 8.24. The Morgan fingerprint density at radius 3 is 2.39 bits per heavy atom. The summed E-state index contributed by atoms with van der Waals surface area (Å²) in [6, 6.07) is 8.34. The Kier molecular flexibility index (Phi) is 6.05. The van der Waals surface area contributed by atoms with Gasteiger partial charge in [-0.25, -0.2) is 0 Å². The molecule has 23 heavy (non-hydrogen) atoms. The van der Waals surface area contributed by atoms with Crippen LogP contribution in [-0.2, 0) is 16.1 Å². The molecule has 2 fully saturated rings. The van der Waals surface area contributed by atoms with E-state index < -0.39 is 0 Å². The maximum atomic E-state index is 12.4. The van der Waals surface area contributed by atoms with Crippen LogP contribution in [0.3, 0.4) is 0 Å². The van der Waals surface area contributed by atoms with E-state index in [9.17, 15) is 4.79 Å². The van der Waals surface area contributed by atoms with Gasteiger partial charge in [0.25, 0.3) is 0 Å². The maximum absolute atomic E-state index is 12.4. The number of hydrogen-bond acceptors (Lipinski definition) is 4. The number of piperazine rings is 1. The average Bonchev–Trinajstić information content (AvgIpc) is 2.58. The van der Waals surface area contributed by atoms with Gasteiger partial charge in [-0.1, -0.05) is 34.1 Å². The minimum absolute atomic E-state index is 0.257. The van der Waals surface area contributed by atoms with Crippen molar-refractivity contribution in [3.63, 3.8) is 0 Å². The van der Waals surface area contributed by atoms with Crippen LogP contribution in [-0.4, -0.2) is 79.6 Å². The molecule has 2 aliphatic heterocycles. The third kappa shape index (κ3) is 4.76. The Morgan fingerprint density at radius 1 is 1.00 bits per heavy atom. The molecule has 0 aliphatic carbocycles. The topological polar surface area (TPSA) is 36.0 Å². The van der Waals surface area contributed by atoms with Crippen LogP contribution in [0.2, 0.25) is 0 Å². The predicted molar refractivity (Wildman–Crippen MR) is 93.3 cm³/mol. The van der Waals surface area contributed by atoms with Crippen LogP contribution in [0.15, 0.2) is 28.7 Å². The lowest BCUT2D eigenvalue weighted by Gasteiger charge is -2.36. The molecule has 0 unspecified atom stereocenters. The number of carbonyl (C=O) groups excluding carboxylic acids is 1. The van der Waals surface area contributed by atoms with Gasteiger partial charge in [0.15, 0.2) is 0 Å². The monoisotopic (exact) mass is 381 g/mol. The molecule has 0 spiro atoms. The van der Waals surface area contributed by atoms with Gasteiger partial charge in [0.2, 0.25) is 5.91 Å². The Hall–Kier alpha value is -0.950. The predicted octanol–water partition coefficient (Wildman–Crippen LogP) is 1.43. The molecule has 3 rings (SSSR count). The number of hydrogen-bond donors (Lipinski definition) is 0. The van der Waals surface area contributed by atoms with Crippen molar-refractivity contribution in [3.05, 3.63) is 34.3 Å². The fourth-order valence-corrected chi connectivity index (χ4v) is 3.48. The number of halogens is 1. The van der Waals surface area contributed by atoms with Gasteiger partial charge in [-0.15, -0.1) is 0 Å². The molecule has 0 atom stereocenters. The first-order chi connectivity index (χ1) is 11.2. The van der Waals surface area contributed by atoms with Gasteiger partial charge in [0.1, 0.15) is 0 Å². The van der Waals surface area contributed by atoms with E-state index >= 15 is 0 Å². The molecule has 5 nitrogen and oxygen atoms in total. The summed E-state index contributed by atoms with van der Waals surface area (Å²) in [6.45, 7) is 8.23. The Morgan fingerprint density at radius 2 is 1.70 bits per heavy atom. The summed E-state index contributed by atoms with van der Waals surface area (Å²) in [7, 11) is 0. The van der Waals surface area contributed by atoms with E-state index in [-0.39, 0.29) is 5.91 Å². The Balaban J connectivity index is 1.44. The first kappa shape index (κ1) is 16.9. The van der Waals surface area contributed by atoms with Crippen LogP contribution in [0.1, 0.15) is 5.56 Å². The van der Waals surface area contributed by atoms with E-state index in [1.165, 1.54) is 5.56 Å². The van der Waals surface area contributed by atoms with Crippen LogP contribution in [0, 0.1) is 0 Å². The van der Waals surface area contributed by atoms with Crippen LogP contribution < -0.4 is 0 Å². The van der Waals surface area contributed by atoms with Crippen molar-refractivity contribution in [1.29, 1.82) is 0 Å². The van der Waals surface area contributed by atoms with Crippen molar-refractivity contribution in [2.24, 2.45) is 0 Å². The number of morpholine rings is 1. The van der Waals surface area contributed by atoms with E-state index in [1.54, 1.807) is 0 Å². The van der Waals surface area contributed by atoms with E-state index in [1.807, 2.05) is 11.0 Å². The molecule has 1 aromatic carbocycles. The standard InChI is InChI=1S/C17H24BrN3O2/c18-16-4-2-1-3-15(16)13-19-5-7-21(8-6-19)17(22)14-20-9-11-23-12-10-20/h1-4H,5-14H2. The van der Waals surface area contributed by atoms with Crippen molar-refractivity contribution in [3.8, 4) is 0 Å². The summed E-state index contributed by atoms with van der Waals surface area (Å²) in [5.41, 5.74) is 1.31. The molecular weight excluding hydrogens is 358 g/mol. The number of rotatable bonds is 4. The van der Waals surface area contributed by atoms with Crippen LogP contribution >= 0.6 is 15.9 Å². The SMILES string of the molecule is O=C(CN1CCOCC1)N1CCN(Cc2ccccc2Br)CC1. The van der Waals surface area contributed by atoms with Crippen molar-refractivity contribution in [1.82, 2.24) is 14.7 Å². The van der Waals surface area contributed by atoms with Crippen molar-refractivity contribution in [2.75, 3.05) is 59.0 Å². The fourth-order valence-electron chi connectivity index (χ4n) is 3.07. The summed E-state index contributed by atoms with van der Waals surface area (Å²) in [4.78, 5) is 19.0. The zero-order valence-electron chi connectivity index (χ0n) is 13.4. The molecule has 0 N–H and O–H groups in total.